The molecule has 0 fully saturated rings. The molecular weight excluding hydrogens is 262 g/mol. The highest BCUT2D eigenvalue weighted by Crippen LogP contribution is 2.28. The highest BCUT2D eigenvalue weighted by atomic mass is 79.9. The van der Waals surface area contributed by atoms with Crippen LogP contribution in [-0.2, 0) is 0 Å². The van der Waals surface area contributed by atoms with Crippen LogP contribution in [0.5, 0.6) is 0 Å². The lowest BCUT2D eigenvalue weighted by Gasteiger charge is -2.21. The van der Waals surface area contributed by atoms with Crippen molar-refractivity contribution in [2.24, 2.45) is 0 Å². The van der Waals surface area contributed by atoms with Gasteiger partial charge in [0.2, 0.25) is 0 Å². The van der Waals surface area contributed by atoms with Crippen LogP contribution in [0.2, 0.25) is 0 Å². The number of aromatic nitrogens is 1. The molecule has 0 aliphatic rings. The molecule has 0 aliphatic heterocycles. The van der Waals surface area contributed by atoms with Crippen LogP contribution in [0.4, 0.5) is 11.4 Å². The van der Waals surface area contributed by atoms with E-state index in [-0.39, 0.29) is 11.2 Å². The van der Waals surface area contributed by atoms with E-state index in [0.717, 1.165) is 0 Å². The first-order valence-corrected chi connectivity index (χ1v) is 5.17. The Morgan fingerprint density at radius 2 is 2.13 bits per heavy atom. The Morgan fingerprint density at radius 1 is 1.53 bits per heavy atom. The Hall–Kier alpha value is -1.17. The number of nitrogens with zero attached hydrogens (tertiary/aromatic N) is 2. The number of anilines is 1. The fraction of sp³-hybridized carbons (Fsp3) is 0.444. The first-order chi connectivity index (χ1) is 6.79. The number of nitrogens with one attached hydrogen (secondary N) is 1. The number of hydrogen-bond acceptors (Lipinski definition) is 4. The predicted octanol–water partition coefficient (Wildman–Crippen LogP) is 2.96. The fourth-order valence-corrected chi connectivity index (χ4v) is 1.40. The van der Waals surface area contributed by atoms with Crippen molar-refractivity contribution in [1.29, 1.82) is 0 Å². The van der Waals surface area contributed by atoms with Gasteiger partial charge < -0.3 is 5.32 Å². The van der Waals surface area contributed by atoms with Gasteiger partial charge in [-0.25, -0.2) is 4.98 Å². The van der Waals surface area contributed by atoms with Gasteiger partial charge in [0.1, 0.15) is 16.5 Å². The third kappa shape index (κ3) is 3.47. The molecule has 0 amide bonds. The number of rotatable bonds is 2. The van der Waals surface area contributed by atoms with Crippen molar-refractivity contribution in [2.75, 3.05) is 5.32 Å². The molecule has 0 unspecified atom stereocenters. The molecule has 0 radical (unpaired) electrons. The molecule has 1 rings (SSSR count). The maximum Gasteiger partial charge on any atom is 0.310 e. The van der Waals surface area contributed by atoms with Gasteiger partial charge in [-0.05, 0) is 36.7 Å². The minimum atomic E-state index is -0.451. The summed E-state index contributed by atoms with van der Waals surface area (Å²) in [5.74, 6) is 0. The largest absolute Gasteiger partial charge is 0.375 e. The summed E-state index contributed by atoms with van der Waals surface area (Å²) in [7, 11) is 0. The first kappa shape index (κ1) is 11.9. The third-order valence-electron chi connectivity index (χ3n) is 1.56. The Morgan fingerprint density at radius 3 is 2.60 bits per heavy atom. The fourth-order valence-electron chi connectivity index (χ4n) is 1.07. The van der Waals surface area contributed by atoms with Crippen LogP contribution in [0.3, 0.4) is 0 Å². The van der Waals surface area contributed by atoms with Crippen LogP contribution in [0.15, 0.2) is 16.9 Å². The monoisotopic (exact) mass is 273 g/mol. The summed E-state index contributed by atoms with van der Waals surface area (Å²) >= 11 is 3.18. The van der Waals surface area contributed by atoms with Crippen LogP contribution in [-0.4, -0.2) is 15.4 Å². The second-order valence-electron chi connectivity index (χ2n) is 4.16. The smallest absolute Gasteiger partial charge is 0.310 e. The van der Waals surface area contributed by atoms with Crippen LogP contribution in [0.1, 0.15) is 20.8 Å². The second-order valence-corrected chi connectivity index (χ2v) is 4.97. The van der Waals surface area contributed by atoms with Crippen molar-refractivity contribution in [3.05, 3.63) is 27.0 Å². The zero-order valence-corrected chi connectivity index (χ0v) is 10.3. The molecule has 5 nitrogen and oxygen atoms in total. The molecule has 1 N–H and O–H groups in total. The normalized spacial score (nSPS) is 11.2. The highest BCUT2D eigenvalue weighted by Gasteiger charge is 2.19. The van der Waals surface area contributed by atoms with Crippen molar-refractivity contribution in [1.82, 2.24) is 4.98 Å². The molecule has 1 aromatic rings. The number of nitro groups is 1. The van der Waals surface area contributed by atoms with Crippen molar-refractivity contribution >= 4 is 27.3 Å². The van der Waals surface area contributed by atoms with Gasteiger partial charge in [0.25, 0.3) is 0 Å². The standard InChI is InChI=1S/C9H12BrN3O2/c1-9(2,3)12-6-4-8(10)11-5-7(6)13(14)15/h4-5H,1-3H3,(H,11,12). The lowest BCUT2D eigenvalue weighted by Crippen LogP contribution is -2.26. The molecule has 0 saturated heterocycles. The van der Waals surface area contributed by atoms with E-state index < -0.39 is 4.92 Å². The predicted molar refractivity (Wildman–Crippen MR) is 62.0 cm³/mol. The molecule has 0 saturated carbocycles. The highest BCUT2D eigenvalue weighted by molar-refractivity contribution is 9.10. The minimum absolute atomic E-state index is 0.0203. The van der Waals surface area contributed by atoms with E-state index in [9.17, 15) is 10.1 Å². The summed E-state index contributed by atoms with van der Waals surface area (Å²) in [6.07, 6.45) is 1.23. The first-order valence-electron chi connectivity index (χ1n) is 4.38. The summed E-state index contributed by atoms with van der Waals surface area (Å²) in [6.45, 7) is 5.81. The summed E-state index contributed by atoms with van der Waals surface area (Å²) in [5.41, 5.74) is 0.216. The molecule has 15 heavy (non-hydrogen) atoms. The quantitative estimate of drug-likeness (QED) is 0.511. The van der Waals surface area contributed by atoms with E-state index in [1.54, 1.807) is 6.07 Å². The zero-order valence-electron chi connectivity index (χ0n) is 8.74. The van der Waals surface area contributed by atoms with E-state index >= 15 is 0 Å². The van der Waals surface area contributed by atoms with Gasteiger partial charge in [0, 0.05) is 11.6 Å². The summed E-state index contributed by atoms with van der Waals surface area (Å²) < 4.78 is 0.569. The average molecular weight is 274 g/mol. The molecule has 0 spiro atoms. The van der Waals surface area contributed by atoms with E-state index in [2.05, 4.69) is 26.2 Å². The van der Waals surface area contributed by atoms with Gasteiger partial charge >= 0.3 is 5.69 Å². The van der Waals surface area contributed by atoms with Gasteiger partial charge in [-0.3, -0.25) is 10.1 Å². The lowest BCUT2D eigenvalue weighted by molar-refractivity contribution is -0.384. The summed E-state index contributed by atoms with van der Waals surface area (Å²) in [5, 5.41) is 13.8. The van der Waals surface area contributed by atoms with E-state index in [4.69, 9.17) is 0 Å². The van der Waals surface area contributed by atoms with Gasteiger partial charge in [-0.15, -0.1) is 0 Å². The van der Waals surface area contributed by atoms with E-state index in [1.807, 2.05) is 20.8 Å². The topological polar surface area (TPSA) is 68.1 Å². The maximum absolute atomic E-state index is 10.7. The van der Waals surface area contributed by atoms with Crippen LogP contribution >= 0.6 is 15.9 Å². The molecule has 1 heterocycles. The third-order valence-corrected chi connectivity index (χ3v) is 1.99. The second kappa shape index (κ2) is 4.14. The maximum atomic E-state index is 10.7. The Labute approximate surface area is 96.2 Å². The van der Waals surface area contributed by atoms with Crippen LogP contribution in [0, 0.1) is 10.1 Å². The van der Waals surface area contributed by atoms with Crippen molar-refractivity contribution < 1.29 is 4.92 Å². The minimum Gasteiger partial charge on any atom is -0.375 e. The number of hydrogen-bond donors (Lipinski definition) is 1. The zero-order chi connectivity index (χ0) is 11.6. The van der Waals surface area contributed by atoms with E-state index in [0.29, 0.717) is 10.3 Å². The SMILES string of the molecule is CC(C)(C)Nc1cc(Br)ncc1[N+](=O)[O-]. The molecule has 1 aromatic heterocycles. The van der Waals surface area contributed by atoms with Crippen LogP contribution < -0.4 is 5.32 Å². The van der Waals surface area contributed by atoms with Crippen molar-refractivity contribution in [3.63, 3.8) is 0 Å². The molecule has 0 aromatic carbocycles. The average Bonchev–Trinajstić information content (AvgIpc) is 1.99. The number of pyridine rings is 1. The van der Waals surface area contributed by atoms with Crippen molar-refractivity contribution in [3.8, 4) is 0 Å². The molecule has 0 bridgehead atoms. The Bertz CT molecular complexity index is 387. The van der Waals surface area contributed by atoms with Crippen LogP contribution in [0.25, 0.3) is 0 Å². The van der Waals surface area contributed by atoms with Gasteiger partial charge in [0.05, 0.1) is 4.92 Å². The van der Waals surface area contributed by atoms with E-state index in [1.165, 1.54) is 6.20 Å². The van der Waals surface area contributed by atoms with Crippen molar-refractivity contribution in [2.45, 2.75) is 26.3 Å². The van der Waals surface area contributed by atoms with Gasteiger partial charge in [0.15, 0.2) is 0 Å². The Balaban J connectivity index is 3.13. The van der Waals surface area contributed by atoms with Gasteiger partial charge in [-0.2, -0.15) is 0 Å². The summed E-state index contributed by atoms with van der Waals surface area (Å²) in [4.78, 5) is 14.1. The molecule has 6 heteroatoms. The van der Waals surface area contributed by atoms with Gasteiger partial charge in [-0.1, -0.05) is 0 Å². The summed E-state index contributed by atoms with van der Waals surface area (Å²) in [6, 6.07) is 1.60. The molecule has 0 aliphatic carbocycles. The molecular formula is C9H12BrN3O2. The molecule has 0 atom stereocenters. The lowest BCUT2D eigenvalue weighted by atomic mass is 10.1. The molecule has 82 valence electrons. The Kier molecular flexibility index (Phi) is 3.28. The number of halogens is 1.